The summed E-state index contributed by atoms with van der Waals surface area (Å²) in [5, 5.41) is 4.06. The third-order valence-electron chi connectivity index (χ3n) is 3.37. The normalized spacial score (nSPS) is 10.9. The number of nitrogens with zero attached hydrogens (tertiary/aromatic N) is 2. The van der Waals surface area contributed by atoms with Gasteiger partial charge in [-0.25, -0.2) is 5.43 Å². The van der Waals surface area contributed by atoms with E-state index in [1.807, 2.05) is 65.4 Å². The van der Waals surface area contributed by atoms with Crippen molar-refractivity contribution >= 4 is 44.0 Å². The van der Waals surface area contributed by atoms with Crippen molar-refractivity contribution in [1.29, 1.82) is 0 Å². The van der Waals surface area contributed by atoms with Crippen LogP contribution in [0.15, 0.2) is 80.9 Å². The maximum absolute atomic E-state index is 12.1. The maximum atomic E-state index is 12.1. The fourth-order valence-corrected chi connectivity index (χ4v) is 2.93. The van der Waals surface area contributed by atoms with Gasteiger partial charge in [0.05, 0.1) is 17.5 Å². The standard InChI is InChI=1S/C18H13Br2N3O/c19-13-7-9-14(10-8-13)23-11-3-4-15(23)12-21-22-18(24)16-5-1-2-6-17(16)20/h1-12H,(H,22,24)/b21-12-. The van der Waals surface area contributed by atoms with Gasteiger partial charge in [0.1, 0.15) is 0 Å². The number of hydrogen-bond donors (Lipinski definition) is 1. The van der Waals surface area contributed by atoms with E-state index in [4.69, 9.17) is 0 Å². The summed E-state index contributed by atoms with van der Waals surface area (Å²) in [5.41, 5.74) is 4.97. The summed E-state index contributed by atoms with van der Waals surface area (Å²) in [5.74, 6) is -0.263. The van der Waals surface area contributed by atoms with Gasteiger partial charge in [-0.15, -0.1) is 0 Å². The zero-order chi connectivity index (χ0) is 16.9. The van der Waals surface area contributed by atoms with Crippen molar-refractivity contribution in [3.63, 3.8) is 0 Å². The number of hydrazone groups is 1. The smallest absolute Gasteiger partial charge is 0.272 e. The molecule has 1 amide bonds. The van der Waals surface area contributed by atoms with Gasteiger partial charge in [-0.3, -0.25) is 4.79 Å². The van der Waals surface area contributed by atoms with Crippen LogP contribution < -0.4 is 5.43 Å². The van der Waals surface area contributed by atoms with Crippen LogP contribution in [-0.4, -0.2) is 16.7 Å². The lowest BCUT2D eigenvalue weighted by Gasteiger charge is -2.06. The third-order valence-corrected chi connectivity index (χ3v) is 4.59. The highest BCUT2D eigenvalue weighted by atomic mass is 79.9. The molecule has 1 aromatic heterocycles. The molecule has 0 aliphatic heterocycles. The Labute approximate surface area is 156 Å². The van der Waals surface area contributed by atoms with E-state index < -0.39 is 0 Å². The molecule has 0 atom stereocenters. The van der Waals surface area contributed by atoms with Gasteiger partial charge in [-0.1, -0.05) is 28.1 Å². The van der Waals surface area contributed by atoms with Crippen LogP contribution in [0.25, 0.3) is 5.69 Å². The Bertz CT molecular complexity index is 885. The van der Waals surface area contributed by atoms with Crippen molar-refractivity contribution in [2.75, 3.05) is 0 Å². The number of halogens is 2. The molecule has 0 radical (unpaired) electrons. The highest BCUT2D eigenvalue weighted by Crippen LogP contribution is 2.17. The Hall–Kier alpha value is -2.18. The largest absolute Gasteiger partial charge is 0.316 e. The highest BCUT2D eigenvalue weighted by Gasteiger charge is 2.07. The minimum absolute atomic E-state index is 0.263. The van der Waals surface area contributed by atoms with E-state index in [1.165, 1.54) is 0 Å². The van der Waals surface area contributed by atoms with Gasteiger partial charge in [0, 0.05) is 20.8 Å². The minimum Gasteiger partial charge on any atom is -0.316 e. The fraction of sp³-hybridized carbons (Fsp3) is 0. The average Bonchev–Trinajstić information content (AvgIpc) is 3.04. The lowest BCUT2D eigenvalue weighted by atomic mass is 10.2. The maximum Gasteiger partial charge on any atom is 0.272 e. The van der Waals surface area contributed by atoms with Crippen molar-refractivity contribution < 1.29 is 4.79 Å². The molecule has 0 bridgehead atoms. The molecule has 2 aromatic carbocycles. The zero-order valence-electron chi connectivity index (χ0n) is 12.5. The van der Waals surface area contributed by atoms with Gasteiger partial charge < -0.3 is 4.57 Å². The van der Waals surface area contributed by atoms with E-state index in [2.05, 4.69) is 42.4 Å². The van der Waals surface area contributed by atoms with Crippen LogP contribution in [0.3, 0.4) is 0 Å². The van der Waals surface area contributed by atoms with Gasteiger partial charge in [0.25, 0.3) is 5.91 Å². The first kappa shape index (κ1) is 16.7. The predicted molar refractivity (Wildman–Crippen MR) is 103 cm³/mol. The van der Waals surface area contributed by atoms with Crippen LogP contribution >= 0.6 is 31.9 Å². The van der Waals surface area contributed by atoms with Crippen LogP contribution in [0, 0.1) is 0 Å². The Morgan fingerprint density at radius 3 is 2.50 bits per heavy atom. The number of aromatic nitrogens is 1. The number of amides is 1. The SMILES string of the molecule is O=C(N/N=C\c1cccn1-c1ccc(Br)cc1)c1ccccc1Br. The van der Waals surface area contributed by atoms with Crippen molar-refractivity contribution in [2.45, 2.75) is 0 Å². The Morgan fingerprint density at radius 2 is 1.75 bits per heavy atom. The topological polar surface area (TPSA) is 46.4 Å². The Balaban J connectivity index is 1.74. The number of rotatable bonds is 4. The van der Waals surface area contributed by atoms with Crippen molar-refractivity contribution in [3.8, 4) is 5.69 Å². The van der Waals surface area contributed by atoms with Crippen molar-refractivity contribution in [1.82, 2.24) is 9.99 Å². The molecule has 0 spiro atoms. The van der Waals surface area contributed by atoms with Gasteiger partial charge in [-0.2, -0.15) is 5.10 Å². The van der Waals surface area contributed by atoms with Gasteiger partial charge in [0.2, 0.25) is 0 Å². The lowest BCUT2D eigenvalue weighted by molar-refractivity contribution is 0.0954. The number of benzene rings is 2. The molecule has 1 N–H and O–H groups in total. The minimum atomic E-state index is -0.263. The summed E-state index contributed by atoms with van der Waals surface area (Å²) in [6.07, 6.45) is 3.57. The van der Waals surface area contributed by atoms with Gasteiger partial charge >= 0.3 is 0 Å². The van der Waals surface area contributed by atoms with E-state index in [1.54, 1.807) is 12.3 Å². The van der Waals surface area contributed by atoms with E-state index in [0.29, 0.717) is 5.56 Å². The molecule has 0 aliphatic rings. The Kier molecular flexibility index (Phi) is 5.27. The monoisotopic (exact) mass is 445 g/mol. The number of hydrogen-bond acceptors (Lipinski definition) is 2. The van der Waals surface area contributed by atoms with Crippen molar-refractivity contribution in [3.05, 3.63) is 87.1 Å². The predicted octanol–water partition coefficient (Wildman–Crippen LogP) is 4.77. The molecule has 0 saturated carbocycles. The molecule has 0 fully saturated rings. The molecule has 3 aromatic rings. The second-order valence-electron chi connectivity index (χ2n) is 4.96. The Morgan fingerprint density at radius 1 is 1.00 bits per heavy atom. The molecule has 6 heteroatoms. The molecule has 120 valence electrons. The molecule has 24 heavy (non-hydrogen) atoms. The molecule has 4 nitrogen and oxygen atoms in total. The number of carbonyl (C=O) groups is 1. The highest BCUT2D eigenvalue weighted by molar-refractivity contribution is 9.10. The first-order chi connectivity index (χ1) is 11.6. The molecule has 0 unspecified atom stereocenters. The summed E-state index contributed by atoms with van der Waals surface area (Å²) >= 11 is 6.78. The number of carbonyl (C=O) groups excluding carboxylic acids is 1. The zero-order valence-corrected chi connectivity index (χ0v) is 15.7. The van der Waals surface area contributed by atoms with Crippen LogP contribution in [0.2, 0.25) is 0 Å². The van der Waals surface area contributed by atoms with Gasteiger partial charge in [-0.05, 0) is 64.5 Å². The first-order valence-corrected chi connectivity index (χ1v) is 8.75. The summed E-state index contributed by atoms with van der Waals surface area (Å²) in [7, 11) is 0. The average molecular weight is 447 g/mol. The summed E-state index contributed by atoms with van der Waals surface area (Å²) < 4.78 is 3.74. The first-order valence-electron chi connectivity index (χ1n) is 7.16. The molecular weight excluding hydrogens is 434 g/mol. The quantitative estimate of drug-likeness (QED) is 0.455. The molecule has 0 saturated heterocycles. The van der Waals surface area contributed by atoms with E-state index >= 15 is 0 Å². The van der Waals surface area contributed by atoms with Crippen LogP contribution in [-0.2, 0) is 0 Å². The van der Waals surface area contributed by atoms with Crippen LogP contribution in [0.4, 0.5) is 0 Å². The molecule has 3 rings (SSSR count). The molecule has 0 aliphatic carbocycles. The van der Waals surface area contributed by atoms with E-state index in [-0.39, 0.29) is 5.91 Å². The van der Waals surface area contributed by atoms with Crippen LogP contribution in [0.5, 0.6) is 0 Å². The molecule has 1 heterocycles. The van der Waals surface area contributed by atoms with E-state index in [9.17, 15) is 4.79 Å². The molecular formula is C18H13Br2N3O. The van der Waals surface area contributed by atoms with Crippen molar-refractivity contribution in [2.24, 2.45) is 5.10 Å². The fourth-order valence-electron chi connectivity index (χ4n) is 2.20. The van der Waals surface area contributed by atoms with Crippen LogP contribution in [0.1, 0.15) is 16.1 Å². The summed E-state index contributed by atoms with van der Waals surface area (Å²) in [4.78, 5) is 12.1. The number of nitrogens with one attached hydrogen (secondary N) is 1. The third kappa shape index (κ3) is 3.83. The lowest BCUT2D eigenvalue weighted by Crippen LogP contribution is -2.18. The summed E-state index contributed by atoms with van der Waals surface area (Å²) in [6.45, 7) is 0. The second-order valence-corrected chi connectivity index (χ2v) is 6.73. The van der Waals surface area contributed by atoms with E-state index in [0.717, 1.165) is 20.3 Å². The second kappa shape index (κ2) is 7.59. The summed E-state index contributed by atoms with van der Waals surface area (Å²) in [6, 6.07) is 19.0. The van der Waals surface area contributed by atoms with Gasteiger partial charge in [0.15, 0.2) is 0 Å².